The number of rotatable bonds is 3. The molecule has 0 bridgehead atoms. The first kappa shape index (κ1) is 12.8. The number of aromatic nitrogens is 1. The van der Waals surface area contributed by atoms with Crippen LogP contribution in [0, 0.1) is 11.3 Å². The van der Waals surface area contributed by atoms with Gasteiger partial charge in [0.25, 0.3) is 0 Å². The molecule has 0 aliphatic rings. The van der Waals surface area contributed by atoms with Gasteiger partial charge in [0.1, 0.15) is 17.5 Å². The van der Waals surface area contributed by atoms with Gasteiger partial charge < -0.3 is 9.84 Å². The van der Waals surface area contributed by atoms with Gasteiger partial charge in [-0.2, -0.15) is 5.26 Å². The minimum atomic E-state index is -0.927. The SMILES string of the molecule is COc1ccc2c(C(C)C(=O)O)cnc(C#N)c2c1. The molecule has 1 N–H and O–H groups in total. The Balaban J connectivity index is 2.76. The Kier molecular flexibility index (Phi) is 3.34. The van der Waals surface area contributed by atoms with Gasteiger partial charge in [-0.15, -0.1) is 0 Å². The Morgan fingerprint density at radius 2 is 2.21 bits per heavy atom. The van der Waals surface area contributed by atoms with Gasteiger partial charge in [-0.25, -0.2) is 4.98 Å². The molecule has 5 heteroatoms. The fourth-order valence-corrected chi connectivity index (χ4v) is 1.94. The lowest BCUT2D eigenvalue weighted by Gasteiger charge is -2.11. The molecule has 2 aromatic rings. The summed E-state index contributed by atoms with van der Waals surface area (Å²) < 4.78 is 5.12. The number of carboxylic acids is 1. The van der Waals surface area contributed by atoms with Crippen LogP contribution >= 0.6 is 0 Å². The Labute approximate surface area is 110 Å². The van der Waals surface area contributed by atoms with E-state index in [-0.39, 0.29) is 5.69 Å². The van der Waals surface area contributed by atoms with Crippen molar-refractivity contribution in [2.75, 3.05) is 7.11 Å². The zero-order valence-electron chi connectivity index (χ0n) is 10.5. The standard InChI is InChI=1S/C14H12N2O3/c1-8(14(17)18)12-7-16-13(6-15)11-5-9(19-2)3-4-10(11)12/h3-5,7-8H,1-2H3,(H,17,18). The van der Waals surface area contributed by atoms with E-state index in [2.05, 4.69) is 4.98 Å². The van der Waals surface area contributed by atoms with E-state index in [1.807, 2.05) is 6.07 Å². The quantitative estimate of drug-likeness (QED) is 0.910. The number of hydrogen-bond donors (Lipinski definition) is 1. The minimum absolute atomic E-state index is 0.259. The first-order valence-electron chi connectivity index (χ1n) is 5.68. The second-order valence-corrected chi connectivity index (χ2v) is 4.15. The predicted molar refractivity (Wildman–Crippen MR) is 69.1 cm³/mol. The molecule has 1 aromatic carbocycles. The summed E-state index contributed by atoms with van der Waals surface area (Å²) in [5.74, 6) is -1.01. The highest BCUT2D eigenvalue weighted by Gasteiger charge is 2.18. The molecule has 0 radical (unpaired) electrons. The number of nitriles is 1. The highest BCUT2D eigenvalue weighted by atomic mass is 16.5. The van der Waals surface area contributed by atoms with Crippen molar-refractivity contribution >= 4 is 16.7 Å². The molecule has 0 saturated heterocycles. The lowest BCUT2D eigenvalue weighted by molar-refractivity contribution is -0.138. The van der Waals surface area contributed by atoms with Crippen molar-refractivity contribution in [1.29, 1.82) is 5.26 Å². The molecule has 1 heterocycles. The molecular formula is C14H12N2O3. The normalized spacial score (nSPS) is 11.8. The van der Waals surface area contributed by atoms with Crippen molar-refractivity contribution in [1.82, 2.24) is 4.98 Å². The third kappa shape index (κ3) is 2.20. The van der Waals surface area contributed by atoms with Crippen molar-refractivity contribution < 1.29 is 14.6 Å². The van der Waals surface area contributed by atoms with Crippen LogP contribution < -0.4 is 4.74 Å². The fourth-order valence-electron chi connectivity index (χ4n) is 1.94. The van der Waals surface area contributed by atoms with Gasteiger partial charge in [-0.05, 0) is 30.0 Å². The first-order chi connectivity index (χ1) is 9.08. The average Bonchev–Trinajstić information content (AvgIpc) is 2.44. The van der Waals surface area contributed by atoms with Gasteiger partial charge in [0.05, 0.1) is 13.0 Å². The van der Waals surface area contributed by atoms with E-state index in [9.17, 15) is 4.79 Å². The van der Waals surface area contributed by atoms with Gasteiger partial charge in [-0.3, -0.25) is 4.79 Å². The van der Waals surface area contributed by atoms with E-state index >= 15 is 0 Å². The van der Waals surface area contributed by atoms with Crippen LogP contribution in [0.5, 0.6) is 5.75 Å². The molecule has 19 heavy (non-hydrogen) atoms. The number of pyridine rings is 1. The number of benzene rings is 1. The molecule has 0 aliphatic carbocycles. The highest BCUT2D eigenvalue weighted by molar-refractivity contribution is 5.93. The van der Waals surface area contributed by atoms with E-state index in [1.165, 1.54) is 13.3 Å². The van der Waals surface area contributed by atoms with Crippen LogP contribution in [0.25, 0.3) is 10.8 Å². The zero-order valence-corrected chi connectivity index (χ0v) is 10.5. The molecule has 0 spiro atoms. The Morgan fingerprint density at radius 3 is 2.79 bits per heavy atom. The average molecular weight is 256 g/mol. The monoisotopic (exact) mass is 256 g/mol. The number of hydrogen-bond acceptors (Lipinski definition) is 4. The van der Waals surface area contributed by atoms with E-state index < -0.39 is 11.9 Å². The number of fused-ring (bicyclic) bond motifs is 1. The molecule has 2 rings (SSSR count). The second kappa shape index (κ2) is 4.94. The topological polar surface area (TPSA) is 83.2 Å². The number of methoxy groups -OCH3 is 1. The predicted octanol–water partition coefficient (Wildman–Crippen LogP) is 2.30. The summed E-state index contributed by atoms with van der Waals surface area (Å²) in [5, 5.41) is 19.5. The van der Waals surface area contributed by atoms with Crippen LogP contribution in [-0.2, 0) is 4.79 Å². The van der Waals surface area contributed by atoms with Gasteiger partial charge >= 0.3 is 5.97 Å². The van der Waals surface area contributed by atoms with Crippen LogP contribution in [0.1, 0.15) is 24.1 Å². The summed E-state index contributed by atoms with van der Waals surface area (Å²) in [6, 6.07) is 7.19. The lowest BCUT2D eigenvalue weighted by atomic mass is 9.96. The molecule has 0 fully saturated rings. The smallest absolute Gasteiger partial charge is 0.310 e. The molecular weight excluding hydrogens is 244 g/mol. The Morgan fingerprint density at radius 1 is 1.47 bits per heavy atom. The van der Waals surface area contributed by atoms with Crippen LogP contribution in [0.15, 0.2) is 24.4 Å². The maximum Gasteiger partial charge on any atom is 0.310 e. The molecule has 1 unspecified atom stereocenters. The molecule has 5 nitrogen and oxygen atoms in total. The van der Waals surface area contributed by atoms with Crippen molar-refractivity contribution in [2.24, 2.45) is 0 Å². The second-order valence-electron chi connectivity index (χ2n) is 4.15. The molecule has 0 amide bonds. The maximum absolute atomic E-state index is 11.1. The van der Waals surface area contributed by atoms with Gasteiger partial charge in [-0.1, -0.05) is 6.07 Å². The van der Waals surface area contributed by atoms with Crippen molar-refractivity contribution in [2.45, 2.75) is 12.8 Å². The van der Waals surface area contributed by atoms with E-state index in [0.29, 0.717) is 22.1 Å². The summed E-state index contributed by atoms with van der Waals surface area (Å²) >= 11 is 0. The summed E-state index contributed by atoms with van der Waals surface area (Å²) in [6.45, 7) is 1.59. The number of ether oxygens (including phenoxy) is 1. The van der Waals surface area contributed by atoms with Crippen LogP contribution in [0.2, 0.25) is 0 Å². The highest BCUT2D eigenvalue weighted by Crippen LogP contribution is 2.29. The van der Waals surface area contributed by atoms with Gasteiger partial charge in [0.15, 0.2) is 0 Å². The molecule has 0 aliphatic heterocycles. The molecule has 1 aromatic heterocycles. The van der Waals surface area contributed by atoms with Crippen LogP contribution in [-0.4, -0.2) is 23.2 Å². The van der Waals surface area contributed by atoms with Crippen LogP contribution in [0.3, 0.4) is 0 Å². The molecule has 1 atom stereocenters. The zero-order chi connectivity index (χ0) is 14.0. The summed E-state index contributed by atoms with van der Waals surface area (Å²) in [7, 11) is 1.53. The summed E-state index contributed by atoms with van der Waals surface area (Å²) in [6.07, 6.45) is 1.45. The first-order valence-corrected chi connectivity index (χ1v) is 5.68. The van der Waals surface area contributed by atoms with Crippen molar-refractivity contribution in [3.63, 3.8) is 0 Å². The van der Waals surface area contributed by atoms with Crippen molar-refractivity contribution in [3.05, 3.63) is 35.7 Å². The maximum atomic E-state index is 11.1. The Hall–Kier alpha value is -2.61. The summed E-state index contributed by atoms with van der Waals surface area (Å²) in [5.41, 5.74) is 0.847. The van der Waals surface area contributed by atoms with Crippen molar-refractivity contribution in [3.8, 4) is 11.8 Å². The number of aliphatic carboxylic acids is 1. The van der Waals surface area contributed by atoms with Gasteiger partial charge in [0, 0.05) is 11.6 Å². The number of carboxylic acid groups (broad SMARTS) is 1. The molecule has 0 saturated carbocycles. The fraction of sp³-hybridized carbons (Fsp3) is 0.214. The molecule has 96 valence electrons. The third-order valence-corrected chi connectivity index (χ3v) is 3.07. The number of nitrogens with zero attached hydrogens (tertiary/aromatic N) is 2. The largest absolute Gasteiger partial charge is 0.497 e. The lowest BCUT2D eigenvalue weighted by Crippen LogP contribution is -2.09. The van der Waals surface area contributed by atoms with E-state index in [1.54, 1.807) is 25.1 Å². The summed E-state index contributed by atoms with van der Waals surface area (Å²) in [4.78, 5) is 15.1. The van der Waals surface area contributed by atoms with E-state index in [0.717, 1.165) is 0 Å². The third-order valence-electron chi connectivity index (χ3n) is 3.07. The van der Waals surface area contributed by atoms with E-state index in [4.69, 9.17) is 15.1 Å². The van der Waals surface area contributed by atoms with Gasteiger partial charge in [0.2, 0.25) is 0 Å². The minimum Gasteiger partial charge on any atom is -0.497 e. The van der Waals surface area contributed by atoms with Crippen LogP contribution in [0.4, 0.5) is 0 Å². The number of carbonyl (C=O) groups is 1. The Bertz CT molecular complexity index is 689.